The number of hydrogen-bond acceptors (Lipinski definition) is 4. The molecule has 1 heterocycles. The summed E-state index contributed by atoms with van der Waals surface area (Å²) in [6.45, 7) is 0. The van der Waals surface area contributed by atoms with Crippen LogP contribution in [0, 0.1) is 10.1 Å². The Bertz CT molecular complexity index is 519. The highest BCUT2D eigenvalue weighted by Gasteiger charge is 2.12. The van der Waals surface area contributed by atoms with Crippen molar-refractivity contribution in [2.24, 2.45) is 5.10 Å². The zero-order valence-corrected chi connectivity index (χ0v) is 8.22. The van der Waals surface area contributed by atoms with Crippen LogP contribution in [-0.2, 0) is 0 Å². The molecular weight excluding hydrogens is 208 g/mol. The van der Waals surface area contributed by atoms with E-state index in [1.807, 2.05) is 30.3 Å². The standard InChI is InChI=1S/C10H8N4O2/c15-14(16)10-11-6-7-13(10)12-8-9-4-2-1-3-5-9/h1-8H. The molecule has 0 saturated heterocycles. The van der Waals surface area contributed by atoms with Gasteiger partial charge in [0.2, 0.25) is 0 Å². The molecule has 0 fully saturated rings. The van der Waals surface area contributed by atoms with Gasteiger partial charge in [0.25, 0.3) is 0 Å². The summed E-state index contributed by atoms with van der Waals surface area (Å²) in [5, 5.41) is 14.5. The molecule has 0 atom stereocenters. The van der Waals surface area contributed by atoms with Crippen LogP contribution in [-0.4, -0.2) is 20.8 Å². The van der Waals surface area contributed by atoms with Gasteiger partial charge in [-0.15, -0.1) is 9.78 Å². The van der Waals surface area contributed by atoms with Gasteiger partial charge in [-0.25, -0.2) is 0 Å². The molecule has 0 saturated carbocycles. The zero-order chi connectivity index (χ0) is 11.4. The second-order valence-electron chi connectivity index (χ2n) is 2.98. The Morgan fingerprint density at radius 2 is 2.12 bits per heavy atom. The first-order valence-corrected chi connectivity index (χ1v) is 4.54. The van der Waals surface area contributed by atoms with Gasteiger partial charge < -0.3 is 10.1 Å². The number of hydrogen-bond donors (Lipinski definition) is 0. The third kappa shape index (κ3) is 2.11. The van der Waals surface area contributed by atoms with Crippen molar-refractivity contribution in [2.75, 3.05) is 0 Å². The molecule has 2 rings (SSSR count). The monoisotopic (exact) mass is 216 g/mol. The van der Waals surface area contributed by atoms with Gasteiger partial charge >= 0.3 is 5.95 Å². The van der Waals surface area contributed by atoms with Crippen molar-refractivity contribution in [3.05, 3.63) is 58.4 Å². The van der Waals surface area contributed by atoms with Crippen LogP contribution in [0.4, 0.5) is 5.95 Å². The van der Waals surface area contributed by atoms with E-state index in [2.05, 4.69) is 10.1 Å². The van der Waals surface area contributed by atoms with Crippen LogP contribution in [0.3, 0.4) is 0 Å². The van der Waals surface area contributed by atoms with E-state index >= 15 is 0 Å². The van der Waals surface area contributed by atoms with Crippen molar-refractivity contribution >= 4 is 12.2 Å². The molecule has 16 heavy (non-hydrogen) atoms. The van der Waals surface area contributed by atoms with Crippen LogP contribution in [0.1, 0.15) is 5.56 Å². The van der Waals surface area contributed by atoms with E-state index in [0.717, 1.165) is 10.2 Å². The van der Waals surface area contributed by atoms with Gasteiger partial charge in [-0.05, 0) is 10.5 Å². The largest absolute Gasteiger partial charge is 0.458 e. The molecule has 0 N–H and O–H groups in total. The van der Waals surface area contributed by atoms with E-state index in [1.165, 1.54) is 18.6 Å². The Morgan fingerprint density at radius 3 is 2.81 bits per heavy atom. The number of aromatic nitrogens is 2. The third-order valence-electron chi connectivity index (χ3n) is 1.90. The van der Waals surface area contributed by atoms with E-state index in [1.54, 1.807) is 0 Å². The Kier molecular flexibility index (Phi) is 2.73. The fourth-order valence-corrected chi connectivity index (χ4v) is 1.18. The lowest BCUT2D eigenvalue weighted by Gasteiger charge is -1.93. The highest BCUT2D eigenvalue weighted by atomic mass is 16.6. The maximum atomic E-state index is 10.5. The highest BCUT2D eigenvalue weighted by molar-refractivity contribution is 5.79. The number of imidazole rings is 1. The Hall–Kier alpha value is -2.50. The molecule has 1 aromatic carbocycles. The summed E-state index contributed by atoms with van der Waals surface area (Å²) in [7, 11) is 0. The van der Waals surface area contributed by atoms with Crippen molar-refractivity contribution < 1.29 is 4.92 Å². The summed E-state index contributed by atoms with van der Waals surface area (Å²) in [6.07, 6.45) is 4.30. The minimum atomic E-state index is -0.581. The van der Waals surface area contributed by atoms with Crippen molar-refractivity contribution in [2.45, 2.75) is 0 Å². The molecule has 1 aromatic heterocycles. The molecule has 0 bridgehead atoms. The minimum Gasteiger partial charge on any atom is -0.390 e. The SMILES string of the molecule is O=[N+]([O-])c1nccn1N=Cc1ccccc1. The van der Waals surface area contributed by atoms with Crippen LogP contribution < -0.4 is 0 Å². The lowest BCUT2D eigenvalue weighted by atomic mass is 10.2. The first kappa shape index (κ1) is 10.0. The first-order chi connectivity index (χ1) is 7.77. The number of nitrogens with zero attached hydrogens (tertiary/aromatic N) is 4. The molecule has 0 amide bonds. The van der Waals surface area contributed by atoms with Crippen LogP contribution in [0.25, 0.3) is 0 Å². The van der Waals surface area contributed by atoms with Crippen molar-refractivity contribution in [3.63, 3.8) is 0 Å². The summed E-state index contributed by atoms with van der Waals surface area (Å²) >= 11 is 0. The molecule has 0 spiro atoms. The quantitative estimate of drug-likeness (QED) is 0.445. The van der Waals surface area contributed by atoms with Gasteiger partial charge in [0.15, 0.2) is 0 Å². The molecule has 0 unspecified atom stereocenters. The van der Waals surface area contributed by atoms with Crippen LogP contribution >= 0.6 is 0 Å². The Labute approximate surface area is 91.0 Å². The molecule has 0 radical (unpaired) electrons. The lowest BCUT2D eigenvalue weighted by molar-refractivity contribution is -0.396. The smallest absolute Gasteiger partial charge is 0.390 e. The minimum absolute atomic E-state index is 0.299. The van der Waals surface area contributed by atoms with Gasteiger partial charge in [-0.2, -0.15) is 0 Å². The molecular formula is C10H8N4O2. The number of rotatable bonds is 3. The lowest BCUT2D eigenvalue weighted by Crippen LogP contribution is -1.98. The fourth-order valence-electron chi connectivity index (χ4n) is 1.18. The maximum Gasteiger partial charge on any atom is 0.458 e. The van der Waals surface area contributed by atoms with E-state index < -0.39 is 4.92 Å². The molecule has 6 nitrogen and oxygen atoms in total. The van der Waals surface area contributed by atoms with Crippen LogP contribution in [0.15, 0.2) is 47.8 Å². The summed E-state index contributed by atoms with van der Waals surface area (Å²) in [5.41, 5.74) is 0.866. The molecule has 0 aliphatic heterocycles. The van der Waals surface area contributed by atoms with E-state index in [9.17, 15) is 10.1 Å². The van der Waals surface area contributed by atoms with E-state index in [0.29, 0.717) is 0 Å². The summed E-state index contributed by atoms with van der Waals surface area (Å²) in [6, 6.07) is 9.32. The van der Waals surface area contributed by atoms with Crippen LogP contribution in [0.5, 0.6) is 0 Å². The fraction of sp³-hybridized carbons (Fsp3) is 0. The van der Waals surface area contributed by atoms with Gasteiger partial charge in [0.1, 0.15) is 12.4 Å². The summed E-state index contributed by atoms with van der Waals surface area (Å²) < 4.78 is 1.12. The average Bonchev–Trinajstić information content (AvgIpc) is 2.76. The van der Waals surface area contributed by atoms with Gasteiger partial charge in [0.05, 0.1) is 6.21 Å². The summed E-state index contributed by atoms with van der Waals surface area (Å²) in [4.78, 5) is 13.5. The molecule has 0 aliphatic rings. The number of benzene rings is 1. The predicted octanol–water partition coefficient (Wildman–Crippen LogP) is 1.67. The van der Waals surface area contributed by atoms with Crippen molar-refractivity contribution in [3.8, 4) is 0 Å². The first-order valence-electron chi connectivity index (χ1n) is 4.54. The predicted molar refractivity (Wildman–Crippen MR) is 58.3 cm³/mol. The van der Waals surface area contributed by atoms with Crippen LogP contribution in [0.2, 0.25) is 0 Å². The van der Waals surface area contributed by atoms with Gasteiger partial charge in [-0.1, -0.05) is 35.3 Å². The molecule has 6 heteroatoms. The highest BCUT2D eigenvalue weighted by Crippen LogP contribution is 2.06. The molecule has 0 aliphatic carbocycles. The van der Waals surface area contributed by atoms with Crippen molar-refractivity contribution in [1.82, 2.24) is 9.66 Å². The molecule has 2 aromatic rings. The Balaban J connectivity index is 2.24. The van der Waals surface area contributed by atoms with Gasteiger partial charge in [0, 0.05) is 0 Å². The normalized spacial score (nSPS) is 10.8. The Morgan fingerprint density at radius 1 is 1.38 bits per heavy atom. The average molecular weight is 216 g/mol. The third-order valence-corrected chi connectivity index (χ3v) is 1.90. The zero-order valence-electron chi connectivity index (χ0n) is 8.22. The number of nitro groups is 1. The van der Waals surface area contributed by atoms with Crippen molar-refractivity contribution in [1.29, 1.82) is 0 Å². The van der Waals surface area contributed by atoms with Gasteiger partial charge in [-0.3, -0.25) is 0 Å². The topological polar surface area (TPSA) is 73.3 Å². The second kappa shape index (κ2) is 4.35. The maximum absolute atomic E-state index is 10.5. The second-order valence-corrected chi connectivity index (χ2v) is 2.98. The van der Waals surface area contributed by atoms with E-state index in [-0.39, 0.29) is 5.95 Å². The summed E-state index contributed by atoms with van der Waals surface area (Å²) in [5.74, 6) is -0.299. The molecule has 80 valence electrons. The van der Waals surface area contributed by atoms with E-state index in [4.69, 9.17) is 0 Å².